The lowest BCUT2D eigenvalue weighted by molar-refractivity contribution is -0.163. The molecule has 5 rings (SSSR count). The van der Waals surface area contributed by atoms with E-state index in [1.54, 1.807) is 0 Å². The summed E-state index contributed by atoms with van der Waals surface area (Å²) in [5.41, 5.74) is -0.133. The number of carbonyl (C=O) groups excluding carboxylic acids is 1. The number of nitrogens with zero attached hydrogens (tertiary/aromatic N) is 4. The highest BCUT2D eigenvalue weighted by molar-refractivity contribution is 5.81. The zero-order chi connectivity index (χ0) is 23.4. The average molecular weight is 459 g/mol. The van der Waals surface area contributed by atoms with Crippen LogP contribution < -0.4 is 0 Å². The number of methoxy groups -OCH3 is 1. The van der Waals surface area contributed by atoms with Crippen LogP contribution in [0.25, 0.3) is 0 Å². The normalized spacial score (nSPS) is 44.7. The van der Waals surface area contributed by atoms with E-state index in [2.05, 4.69) is 22.3 Å². The van der Waals surface area contributed by atoms with Crippen LogP contribution in [-0.2, 0) is 16.1 Å². The van der Waals surface area contributed by atoms with Crippen molar-refractivity contribution in [2.24, 2.45) is 40.4 Å². The molecule has 7 heteroatoms. The van der Waals surface area contributed by atoms with Gasteiger partial charge in [0.1, 0.15) is 6.54 Å². The predicted octanol–water partition coefficient (Wildman–Crippen LogP) is 3.98. The fourth-order valence-electron chi connectivity index (χ4n) is 9.19. The Morgan fingerprint density at radius 3 is 2.67 bits per heavy atom. The van der Waals surface area contributed by atoms with Gasteiger partial charge in [-0.25, -0.2) is 0 Å². The van der Waals surface area contributed by atoms with Gasteiger partial charge in [-0.1, -0.05) is 6.92 Å². The standard InChI is InChI=1S/C26H42N4O3/c1-17-27-29-30(28-17)16-23(31)22-8-7-20-19-6-5-18-15-24(2,32)11-12-26(18,13-14-33-4)21(19)9-10-25(20,22)3/h18-22,32H,5-16H2,1-4H3/t18-,19-,20-,21-,22+,24+,25-,26+/m0/s1. The first-order valence-electron chi connectivity index (χ1n) is 13.2. The third-order valence-corrected chi connectivity index (χ3v) is 10.7. The van der Waals surface area contributed by atoms with Gasteiger partial charge in [0, 0.05) is 19.6 Å². The Balaban J connectivity index is 1.37. The lowest BCUT2D eigenvalue weighted by Gasteiger charge is -2.63. The van der Waals surface area contributed by atoms with Crippen LogP contribution in [0.5, 0.6) is 0 Å². The van der Waals surface area contributed by atoms with Crippen LogP contribution in [0.15, 0.2) is 0 Å². The smallest absolute Gasteiger partial charge is 0.171 e. The van der Waals surface area contributed by atoms with Crippen LogP contribution in [0.2, 0.25) is 0 Å². The van der Waals surface area contributed by atoms with Crippen LogP contribution in [0.4, 0.5) is 0 Å². The molecule has 1 N–H and O–H groups in total. The SMILES string of the molecule is COCC[C@]12CC[C@@](C)(O)C[C@@H]1CC[C@H]1[C@@H]3CC[C@H](C(=O)Cn4nnc(C)n4)[C@@]3(C)CC[C@@H]12. The second-order valence-corrected chi connectivity index (χ2v) is 12.3. The minimum absolute atomic E-state index is 0.0866. The Bertz CT molecular complexity index is 885. The second-order valence-electron chi connectivity index (χ2n) is 12.3. The molecule has 0 spiro atoms. The fraction of sp³-hybridized carbons (Fsp3) is 0.923. The van der Waals surface area contributed by atoms with E-state index in [4.69, 9.17) is 4.74 Å². The van der Waals surface area contributed by atoms with E-state index >= 15 is 0 Å². The third-order valence-electron chi connectivity index (χ3n) is 10.7. The molecule has 7 nitrogen and oxygen atoms in total. The largest absolute Gasteiger partial charge is 0.390 e. The van der Waals surface area contributed by atoms with Crippen LogP contribution in [0.1, 0.15) is 83.9 Å². The quantitative estimate of drug-likeness (QED) is 0.694. The van der Waals surface area contributed by atoms with Crippen molar-refractivity contribution in [2.45, 2.75) is 97.1 Å². The third kappa shape index (κ3) is 3.87. The molecular weight excluding hydrogens is 416 g/mol. The molecule has 0 unspecified atom stereocenters. The van der Waals surface area contributed by atoms with Crippen molar-refractivity contribution in [1.29, 1.82) is 0 Å². The van der Waals surface area contributed by atoms with Crippen molar-refractivity contribution >= 4 is 5.78 Å². The minimum Gasteiger partial charge on any atom is -0.390 e. The van der Waals surface area contributed by atoms with E-state index < -0.39 is 5.60 Å². The van der Waals surface area contributed by atoms with Crippen molar-refractivity contribution < 1.29 is 14.6 Å². The van der Waals surface area contributed by atoms with Gasteiger partial charge in [-0.3, -0.25) is 4.79 Å². The molecule has 4 saturated carbocycles. The van der Waals surface area contributed by atoms with Crippen LogP contribution in [-0.4, -0.2) is 50.4 Å². The molecule has 0 saturated heterocycles. The maximum atomic E-state index is 13.4. The number of fused-ring (bicyclic) bond motifs is 5. The maximum absolute atomic E-state index is 13.4. The van der Waals surface area contributed by atoms with Crippen molar-refractivity contribution in [3.8, 4) is 0 Å². The van der Waals surface area contributed by atoms with Gasteiger partial charge in [0.05, 0.1) is 5.60 Å². The summed E-state index contributed by atoms with van der Waals surface area (Å²) in [6.45, 7) is 7.31. The number of ether oxygens (including phenoxy) is 1. The number of hydrogen-bond donors (Lipinski definition) is 1. The topological polar surface area (TPSA) is 90.1 Å². The van der Waals surface area contributed by atoms with Gasteiger partial charge in [-0.2, -0.15) is 4.80 Å². The van der Waals surface area contributed by atoms with E-state index in [1.807, 2.05) is 21.0 Å². The number of hydrogen-bond acceptors (Lipinski definition) is 6. The molecule has 4 aliphatic carbocycles. The van der Waals surface area contributed by atoms with E-state index in [0.717, 1.165) is 45.1 Å². The number of aryl methyl sites for hydroxylation is 1. The van der Waals surface area contributed by atoms with Gasteiger partial charge in [-0.15, -0.1) is 10.2 Å². The first-order valence-corrected chi connectivity index (χ1v) is 13.2. The molecule has 4 fully saturated rings. The van der Waals surface area contributed by atoms with Gasteiger partial charge in [0.15, 0.2) is 11.6 Å². The summed E-state index contributed by atoms with van der Waals surface area (Å²) in [6, 6.07) is 0. The molecule has 1 heterocycles. The lowest BCUT2D eigenvalue weighted by atomic mass is 9.42. The Labute approximate surface area is 198 Å². The zero-order valence-electron chi connectivity index (χ0n) is 20.9. The minimum atomic E-state index is -0.518. The molecule has 184 valence electrons. The maximum Gasteiger partial charge on any atom is 0.171 e. The highest BCUT2D eigenvalue weighted by Gasteiger charge is 2.62. The fourth-order valence-corrected chi connectivity index (χ4v) is 9.19. The predicted molar refractivity (Wildman–Crippen MR) is 124 cm³/mol. The highest BCUT2D eigenvalue weighted by Crippen LogP contribution is 2.69. The average Bonchev–Trinajstić information content (AvgIpc) is 3.34. The summed E-state index contributed by atoms with van der Waals surface area (Å²) in [6.07, 6.45) is 11.1. The van der Waals surface area contributed by atoms with E-state index in [0.29, 0.717) is 34.9 Å². The second kappa shape index (κ2) is 8.40. The molecule has 0 aliphatic heterocycles. The lowest BCUT2D eigenvalue weighted by Crippen LogP contribution is -2.57. The van der Waals surface area contributed by atoms with Gasteiger partial charge in [0.2, 0.25) is 0 Å². The summed E-state index contributed by atoms with van der Waals surface area (Å²) in [4.78, 5) is 14.8. The van der Waals surface area contributed by atoms with Crippen molar-refractivity contribution in [1.82, 2.24) is 20.2 Å². The molecule has 0 aromatic carbocycles. The molecule has 1 aromatic rings. The monoisotopic (exact) mass is 458 g/mol. The number of aromatic nitrogens is 4. The molecule has 0 radical (unpaired) electrons. The molecular formula is C26H42N4O3. The Hall–Kier alpha value is -1.34. The van der Waals surface area contributed by atoms with Gasteiger partial charge >= 0.3 is 0 Å². The highest BCUT2D eigenvalue weighted by atomic mass is 16.5. The van der Waals surface area contributed by atoms with Gasteiger partial charge < -0.3 is 9.84 Å². The number of aliphatic hydroxyl groups is 1. The number of rotatable bonds is 6. The van der Waals surface area contributed by atoms with E-state index in [9.17, 15) is 9.90 Å². The number of ketones is 1. The number of Topliss-reactive ketones (excluding diaryl/α,β-unsaturated/α-hetero) is 1. The van der Waals surface area contributed by atoms with Crippen molar-refractivity contribution in [3.63, 3.8) is 0 Å². The molecule has 1 aromatic heterocycles. The van der Waals surface area contributed by atoms with E-state index in [1.165, 1.54) is 30.5 Å². The molecule has 0 bridgehead atoms. The van der Waals surface area contributed by atoms with Gasteiger partial charge in [-0.05, 0) is 118 Å². The molecule has 0 amide bonds. The molecule has 8 atom stereocenters. The number of carbonyl (C=O) groups is 1. The molecule has 4 aliphatic rings. The summed E-state index contributed by atoms with van der Waals surface area (Å²) >= 11 is 0. The summed E-state index contributed by atoms with van der Waals surface area (Å²) in [5, 5.41) is 23.1. The van der Waals surface area contributed by atoms with Gasteiger partial charge in [0.25, 0.3) is 0 Å². The summed E-state index contributed by atoms with van der Waals surface area (Å²) < 4.78 is 5.61. The molecule has 33 heavy (non-hydrogen) atoms. The number of tetrazole rings is 1. The van der Waals surface area contributed by atoms with Crippen LogP contribution in [0.3, 0.4) is 0 Å². The van der Waals surface area contributed by atoms with E-state index in [-0.39, 0.29) is 23.7 Å². The Morgan fingerprint density at radius 1 is 1.12 bits per heavy atom. The van der Waals surface area contributed by atoms with Crippen molar-refractivity contribution in [3.05, 3.63) is 5.82 Å². The zero-order valence-corrected chi connectivity index (χ0v) is 20.9. The van der Waals surface area contributed by atoms with Crippen LogP contribution in [0, 0.1) is 47.3 Å². The van der Waals surface area contributed by atoms with Crippen LogP contribution >= 0.6 is 0 Å². The first kappa shape index (κ1) is 23.4. The Morgan fingerprint density at radius 2 is 1.94 bits per heavy atom. The van der Waals surface area contributed by atoms with Crippen molar-refractivity contribution in [2.75, 3.05) is 13.7 Å². The summed E-state index contributed by atoms with van der Waals surface area (Å²) in [5.74, 6) is 3.63. The Kier molecular flexibility index (Phi) is 5.96. The first-order chi connectivity index (χ1) is 15.7. The summed E-state index contributed by atoms with van der Waals surface area (Å²) in [7, 11) is 1.82.